The van der Waals surface area contributed by atoms with Crippen LogP contribution in [0.3, 0.4) is 0 Å². The minimum absolute atomic E-state index is 0.0473. The van der Waals surface area contributed by atoms with Gasteiger partial charge >= 0.3 is 0 Å². The molecule has 168 valence electrons. The van der Waals surface area contributed by atoms with Gasteiger partial charge in [0.2, 0.25) is 5.91 Å². The number of amides is 1. The second-order valence-corrected chi connectivity index (χ2v) is 8.90. The van der Waals surface area contributed by atoms with E-state index in [2.05, 4.69) is 49.6 Å². The molecule has 2 heterocycles. The molecule has 33 heavy (non-hydrogen) atoms. The van der Waals surface area contributed by atoms with Crippen LogP contribution in [0.1, 0.15) is 34.9 Å². The summed E-state index contributed by atoms with van der Waals surface area (Å²) in [5, 5.41) is 0. The maximum Gasteiger partial charge on any atom is 0.227 e. The van der Waals surface area contributed by atoms with Crippen LogP contribution in [0.4, 0.5) is 5.69 Å². The van der Waals surface area contributed by atoms with E-state index in [-0.39, 0.29) is 11.8 Å². The van der Waals surface area contributed by atoms with Gasteiger partial charge in [-0.25, -0.2) is 4.98 Å². The van der Waals surface area contributed by atoms with Crippen molar-refractivity contribution >= 4 is 22.6 Å². The summed E-state index contributed by atoms with van der Waals surface area (Å²) in [6.45, 7) is 8.11. The number of aromatic nitrogens is 2. The van der Waals surface area contributed by atoms with E-state index in [0.29, 0.717) is 26.1 Å². The highest BCUT2D eigenvalue weighted by molar-refractivity contribution is 5.97. The number of aryl methyl sites for hydroxylation is 3. The van der Waals surface area contributed by atoms with E-state index >= 15 is 0 Å². The second-order valence-electron chi connectivity index (χ2n) is 8.90. The number of carbonyl (C=O) groups is 1. The molecule has 1 amide bonds. The first-order valence-corrected chi connectivity index (χ1v) is 11.5. The molecule has 1 aromatic heterocycles. The van der Waals surface area contributed by atoms with Gasteiger partial charge in [-0.1, -0.05) is 36.4 Å². The SMILES string of the molecule is Cc1ccc(OCCn2c(C3CC(=O)N(c4ccccc4C)C3)nc3ccccc32)cc1C. The summed E-state index contributed by atoms with van der Waals surface area (Å²) in [5.41, 5.74) is 6.63. The number of carbonyl (C=O) groups excluding carboxylic acids is 1. The zero-order valence-electron chi connectivity index (χ0n) is 19.4. The monoisotopic (exact) mass is 439 g/mol. The van der Waals surface area contributed by atoms with Gasteiger partial charge in [-0.2, -0.15) is 0 Å². The molecule has 1 aliphatic heterocycles. The molecule has 5 rings (SSSR count). The minimum atomic E-state index is 0.0473. The fraction of sp³-hybridized carbons (Fsp3) is 0.286. The molecule has 5 nitrogen and oxygen atoms in total. The number of nitrogens with zero attached hydrogens (tertiary/aromatic N) is 3. The lowest BCUT2D eigenvalue weighted by Crippen LogP contribution is -2.25. The maximum absolute atomic E-state index is 13.0. The molecule has 0 aliphatic carbocycles. The van der Waals surface area contributed by atoms with Crippen molar-refractivity contribution in [3.8, 4) is 5.75 Å². The summed E-state index contributed by atoms with van der Waals surface area (Å²) in [5.74, 6) is 2.04. The van der Waals surface area contributed by atoms with Crippen LogP contribution in [0, 0.1) is 20.8 Å². The number of anilines is 1. The normalized spacial score (nSPS) is 16.0. The van der Waals surface area contributed by atoms with Crippen LogP contribution in [0.25, 0.3) is 11.0 Å². The van der Waals surface area contributed by atoms with Crippen LogP contribution in [0.15, 0.2) is 66.7 Å². The fourth-order valence-electron chi connectivity index (χ4n) is 4.68. The first kappa shape index (κ1) is 21.3. The smallest absolute Gasteiger partial charge is 0.227 e. The summed E-state index contributed by atoms with van der Waals surface area (Å²) in [6, 6.07) is 22.4. The van der Waals surface area contributed by atoms with Gasteiger partial charge in [-0.05, 0) is 67.8 Å². The molecule has 1 fully saturated rings. The number of para-hydroxylation sites is 3. The number of benzene rings is 3. The summed E-state index contributed by atoms with van der Waals surface area (Å²) < 4.78 is 8.31. The minimum Gasteiger partial charge on any atom is -0.492 e. The zero-order chi connectivity index (χ0) is 22.9. The van der Waals surface area contributed by atoms with Gasteiger partial charge in [0, 0.05) is 24.6 Å². The Morgan fingerprint density at radius 1 is 0.939 bits per heavy atom. The molecule has 0 saturated carbocycles. The molecule has 1 saturated heterocycles. The standard InChI is InChI=1S/C28H29N3O2/c1-19-12-13-23(16-21(19)3)33-15-14-30-26-11-7-5-9-24(26)29-28(30)22-17-27(32)31(18-22)25-10-6-4-8-20(25)2/h4-13,16,22H,14-15,17-18H2,1-3H3. The molecule has 0 bridgehead atoms. The zero-order valence-corrected chi connectivity index (χ0v) is 19.4. The first-order chi connectivity index (χ1) is 16.0. The highest BCUT2D eigenvalue weighted by atomic mass is 16.5. The van der Waals surface area contributed by atoms with Gasteiger partial charge in [0.25, 0.3) is 0 Å². The van der Waals surface area contributed by atoms with Gasteiger partial charge in [-0.3, -0.25) is 4.79 Å². The van der Waals surface area contributed by atoms with Crippen molar-refractivity contribution in [1.29, 1.82) is 0 Å². The van der Waals surface area contributed by atoms with Crippen LogP contribution < -0.4 is 9.64 Å². The van der Waals surface area contributed by atoms with Crippen LogP contribution in [0.5, 0.6) is 5.75 Å². The van der Waals surface area contributed by atoms with Crippen molar-refractivity contribution in [2.45, 2.75) is 39.7 Å². The van der Waals surface area contributed by atoms with Crippen molar-refractivity contribution in [1.82, 2.24) is 9.55 Å². The van der Waals surface area contributed by atoms with Crippen molar-refractivity contribution < 1.29 is 9.53 Å². The van der Waals surface area contributed by atoms with Crippen molar-refractivity contribution in [3.05, 3.63) is 89.2 Å². The first-order valence-electron chi connectivity index (χ1n) is 11.5. The van der Waals surface area contributed by atoms with Crippen LogP contribution in [-0.4, -0.2) is 28.6 Å². The predicted molar refractivity (Wildman–Crippen MR) is 132 cm³/mol. The van der Waals surface area contributed by atoms with Gasteiger partial charge in [-0.15, -0.1) is 0 Å². The van der Waals surface area contributed by atoms with Crippen molar-refractivity contribution in [2.24, 2.45) is 0 Å². The molecular formula is C28H29N3O2. The van der Waals surface area contributed by atoms with Gasteiger partial charge in [0.1, 0.15) is 18.2 Å². The predicted octanol–water partition coefficient (Wildman–Crippen LogP) is 5.56. The maximum atomic E-state index is 13.0. The Morgan fingerprint density at radius 2 is 1.73 bits per heavy atom. The van der Waals surface area contributed by atoms with Crippen LogP contribution in [0.2, 0.25) is 0 Å². The third-order valence-corrected chi connectivity index (χ3v) is 6.64. The second kappa shape index (κ2) is 8.74. The Balaban J connectivity index is 1.40. The quantitative estimate of drug-likeness (QED) is 0.395. The topological polar surface area (TPSA) is 47.4 Å². The summed E-state index contributed by atoms with van der Waals surface area (Å²) in [6.07, 6.45) is 0.468. The molecule has 3 aromatic carbocycles. The van der Waals surface area contributed by atoms with E-state index in [1.54, 1.807) is 0 Å². The number of hydrogen-bond donors (Lipinski definition) is 0. The third kappa shape index (κ3) is 4.11. The van der Waals surface area contributed by atoms with Gasteiger partial charge in [0.15, 0.2) is 0 Å². The van der Waals surface area contributed by atoms with E-state index in [1.807, 2.05) is 47.4 Å². The Kier molecular flexibility index (Phi) is 5.63. The molecule has 0 N–H and O–H groups in total. The van der Waals surface area contributed by atoms with Crippen molar-refractivity contribution in [2.75, 3.05) is 18.1 Å². The number of fused-ring (bicyclic) bond motifs is 1. The van der Waals surface area contributed by atoms with E-state index in [4.69, 9.17) is 9.72 Å². The summed E-state index contributed by atoms with van der Waals surface area (Å²) in [4.78, 5) is 19.8. The van der Waals surface area contributed by atoms with E-state index in [0.717, 1.165) is 33.9 Å². The molecular weight excluding hydrogens is 410 g/mol. The number of hydrogen-bond acceptors (Lipinski definition) is 3. The van der Waals surface area contributed by atoms with Crippen LogP contribution >= 0.6 is 0 Å². The van der Waals surface area contributed by atoms with Crippen LogP contribution in [-0.2, 0) is 11.3 Å². The molecule has 1 atom stereocenters. The average molecular weight is 440 g/mol. The molecule has 1 aliphatic rings. The Labute approximate surface area is 194 Å². The van der Waals surface area contributed by atoms with Crippen molar-refractivity contribution in [3.63, 3.8) is 0 Å². The lowest BCUT2D eigenvalue weighted by Gasteiger charge is -2.19. The van der Waals surface area contributed by atoms with E-state index in [1.165, 1.54) is 11.1 Å². The number of imidazole rings is 1. The molecule has 1 unspecified atom stereocenters. The van der Waals surface area contributed by atoms with Gasteiger partial charge in [0.05, 0.1) is 17.6 Å². The Bertz CT molecular complexity index is 1320. The Morgan fingerprint density at radius 3 is 2.55 bits per heavy atom. The van der Waals surface area contributed by atoms with E-state index < -0.39 is 0 Å². The lowest BCUT2D eigenvalue weighted by atomic mass is 10.1. The summed E-state index contributed by atoms with van der Waals surface area (Å²) >= 11 is 0. The lowest BCUT2D eigenvalue weighted by molar-refractivity contribution is -0.117. The molecule has 4 aromatic rings. The highest BCUT2D eigenvalue weighted by Crippen LogP contribution is 2.34. The summed E-state index contributed by atoms with van der Waals surface area (Å²) in [7, 11) is 0. The highest BCUT2D eigenvalue weighted by Gasteiger charge is 2.35. The molecule has 0 radical (unpaired) electrons. The Hall–Kier alpha value is -3.60. The number of ether oxygens (including phenoxy) is 1. The fourth-order valence-corrected chi connectivity index (χ4v) is 4.68. The average Bonchev–Trinajstić information content (AvgIpc) is 3.37. The van der Waals surface area contributed by atoms with Gasteiger partial charge < -0.3 is 14.2 Å². The molecule has 5 heteroatoms. The van der Waals surface area contributed by atoms with E-state index in [9.17, 15) is 4.79 Å². The number of rotatable bonds is 6. The molecule has 0 spiro atoms. The third-order valence-electron chi connectivity index (χ3n) is 6.64. The largest absolute Gasteiger partial charge is 0.492 e.